The summed E-state index contributed by atoms with van der Waals surface area (Å²) in [6, 6.07) is 11.9. The zero-order valence-electron chi connectivity index (χ0n) is 17.7. The topological polar surface area (TPSA) is 140 Å². The lowest BCUT2D eigenvalue weighted by atomic mass is 9.96. The first kappa shape index (κ1) is 23.4. The minimum atomic E-state index is -3.96. The number of methoxy groups -OCH3 is 1. The van der Waals surface area contributed by atoms with Crippen LogP contribution in [0.5, 0.6) is 5.75 Å². The fourth-order valence-electron chi connectivity index (χ4n) is 3.71. The summed E-state index contributed by atoms with van der Waals surface area (Å²) in [5.41, 5.74) is 0.742. The maximum absolute atomic E-state index is 13.1. The average Bonchev–Trinajstić information content (AvgIpc) is 3.09. The number of carbonyl (C=O) groups is 2. The predicted molar refractivity (Wildman–Crippen MR) is 125 cm³/mol. The van der Waals surface area contributed by atoms with Crippen molar-refractivity contribution in [3.8, 4) is 5.75 Å². The third-order valence-electron chi connectivity index (χ3n) is 5.31. The van der Waals surface area contributed by atoms with E-state index in [0.29, 0.717) is 10.6 Å². The van der Waals surface area contributed by atoms with Crippen molar-refractivity contribution in [2.75, 3.05) is 12.0 Å². The molecule has 11 heteroatoms. The smallest absolute Gasteiger partial charge is 0.300 e. The van der Waals surface area contributed by atoms with Crippen LogP contribution < -0.4 is 14.8 Å². The number of rotatable bonds is 5. The Bertz CT molecular complexity index is 1420. The number of ketones is 1. The second kappa shape index (κ2) is 8.90. The molecule has 2 heterocycles. The first-order chi connectivity index (χ1) is 16.1. The Kier molecular flexibility index (Phi) is 6.13. The quantitative estimate of drug-likeness (QED) is 0.312. The maximum atomic E-state index is 13.1. The number of halogens is 1. The molecular weight excluding hydrogens is 482 g/mol. The van der Waals surface area contributed by atoms with Gasteiger partial charge in [-0.1, -0.05) is 17.7 Å². The number of nitrogens with two attached hydrogens (primary N) is 1. The number of amides is 1. The molecular formula is C23H18ClN3O6S. The van der Waals surface area contributed by atoms with Gasteiger partial charge in [0.25, 0.3) is 11.7 Å². The summed E-state index contributed by atoms with van der Waals surface area (Å²) < 4.78 is 28.4. The molecule has 0 bridgehead atoms. The highest BCUT2D eigenvalue weighted by molar-refractivity contribution is 7.89. The van der Waals surface area contributed by atoms with Crippen molar-refractivity contribution in [3.05, 3.63) is 88.7 Å². The maximum Gasteiger partial charge on any atom is 0.300 e. The minimum absolute atomic E-state index is 0.154. The highest BCUT2D eigenvalue weighted by atomic mass is 35.5. The number of hydrogen-bond donors (Lipinski definition) is 2. The van der Waals surface area contributed by atoms with E-state index in [2.05, 4.69) is 4.98 Å². The Morgan fingerprint density at radius 2 is 1.85 bits per heavy atom. The molecule has 1 saturated heterocycles. The summed E-state index contributed by atoms with van der Waals surface area (Å²) >= 11 is 6.07. The molecule has 0 saturated carbocycles. The van der Waals surface area contributed by atoms with Crippen molar-refractivity contribution in [1.82, 2.24) is 4.98 Å². The Labute approximate surface area is 200 Å². The molecule has 1 aliphatic rings. The molecule has 1 fully saturated rings. The third-order valence-corrected chi connectivity index (χ3v) is 6.55. The summed E-state index contributed by atoms with van der Waals surface area (Å²) in [4.78, 5) is 31.3. The Balaban J connectivity index is 1.91. The number of ether oxygens (including phenoxy) is 1. The molecule has 1 aliphatic heterocycles. The Morgan fingerprint density at radius 1 is 1.15 bits per heavy atom. The summed E-state index contributed by atoms with van der Waals surface area (Å²) in [7, 11) is -2.55. The second-order valence-corrected chi connectivity index (χ2v) is 9.31. The van der Waals surface area contributed by atoms with Gasteiger partial charge < -0.3 is 9.84 Å². The van der Waals surface area contributed by atoms with E-state index in [1.807, 2.05) is 0 Å². The second-order valence-electron chi connectivity index (χ2n) is 7.34. The SMILES string of the molecule is COc1cc(/C(O)=C2\C(=O)C(=O)N(c3ccc(S(N)(=O)=O)cc3)C2c2cccnc2)ccc1Cl. The zero-order chi connectivity index (χ0) is 24.6. The molecule has 0 spiro atoms. The molecule has 9 nitrogen and oxygen atoms in total. The average molecular weight is 500 g/mol. The van der Waals surface area contributed by atoms with E-state index in [1.54, 1.807) is 12.1 Å². The summed E-state index contributed by atoms with van der Waals surface area (Å²) in [5, 5.41) is 16.6. The number of benzene rings is 2. The third kappa shape index (κ3) is 4.14. The molecule has 0 aliphatic carbocycles. The number of carbonyl (C=O) groups excluding carboxylic acids is 2. The Hall–Kier alpha value is -3.73. The van der Waals surface area contributed by atoms with Gasteiger partial charge in [-0.25, -0.2) is 13.6 Å². The van der Waals surface area contributed by atoms with E-state index >= 15 is 0 Å². The molecule has 34 heavy (non-hydrogen) atoms. The molecule has 1 aromatic heterocycles. The lowest BCUT2D eigenvalue weighted by Gasteiger charge is -2.25. The summed E-state index contributed by atoms with van der Waals surface area (Å²) in [6.07, 6.45) is 3.00. The van der Waals surface area contributed by atoms with Gasteiger partial charge in [-0.15, -0.1) is 0 Å². The van der Waals surface area contributed by atoms with Crippen molar-refractivity contribution in [3.63, 3.8) is 0 Å². The van der Waals surface area contributed by atoms with E-state index in [9.17, 15) is 23.1 Å². The number of sulfonamides is 1. The first-order valence-corrected chi connectivity index (χ1v) is 11.7. The number of nitrogens with zero attached hydrogens (tertiary/aromatic N) is 2. The van der Waals surface area contributed by atoms with Crippen LogP contribution in [-0.2, 0) is 19.6 Å². The zero-order valence-corrected chi connectivity index (χ0v) is 19.2. The van der Waals surface area contributed by atoms with Crippen LogP contribution in [0.25, 0.3) is 5.76 Å². The molecule has 3 aromatic rings. The molecule has 1 atom stereocenters. The van der Waals surface area contributed by atoms with Crippen LogP contribution in [0.1, 0.15) is 17.2 Å². The lowest BCUT2D eigenvalue weighted by molar-refractivity contribution is -0.132. The fourth-order valence-corrected chi connectivity index (χ4v) is 4.42. The highest BCUT2D eigenvalue weighted by Gasteiger charge is 2.47. The molecule has 1 unspecified atom stereocenters. The highest BCUT2D eigenvalue weighted by Crippen LogP contribution is 2.42. The molecule has 2 aromatic carbocycles. The van der Waals surface area contributed by atoms with Gasteiger partial charge in [0.15, 0.2) is 0 Å². The van der Waals surface area contributed by atoms with Crippen LogP contribution in [0.4, 0.5) is 5.69 Å². The van der Waals surface area contributed by atoms with Crippen molar-refractivity contribution in [1.29, 1.82) is 0 Å². The van der Waals surface area contributed by atoms with Crippen LogP contribution in [0, 0.1) is 0 Å². The molecule has 0 radical (unpaired) electrons. The van der Waals surface area contributed by atoms with Gasteiger partial charge in [0.2, 0.25) is 10.0 Å². The van der Waals surface area contributed by atoms with Crippen LogP contribution in [0.3, 0.4) is 0 Å². The molecule has 4 rings (SSSR count). The normalized spacial score (nSPS) is 17.7. The van der Waals surface area contributed by atoms with E-state index in [4.69, 9.17) is 21.5 Å². The van der Waals surface area contributed by atoms with Gasteiger partial charge in [0.05, 0.1) is 28.6 Å². The van der Waals surface area contributed by atoms with Crippen molar-refractivity contribution in [2.24, 2.45) is 5.14 Å². The number of hydrogen-bond acceptors (Lipinski definition) is 7. The van der Waals surface area contributed by atoms with Gasteiger partial charge in [-0.2, -0.15) is 0 Å². The summed E-state index contributed by atoms with van der Waals surface area (Å²) in [5.74, 6) is -1.97. The minimum Gasteiger partial charge on any atom is -0.507 e. The van der Waals surface area contributed by atoms with Crippen LogP contribution in [-0.4, -0.2) is 37.3 Å². The van der Waals surface area contributed by atoms with Crippen LogP contribution in [0.15, 0.2) is 77.5 Å². The standard InChI is InChI=1S/C23H18ClN3O6S/c1-33-18-11-13(4-9-17(18)24)21(28)19-20(14-3-2-10-26-12-14)27(23(30)22(19)29)15-5-7-16(8-6-15)34(25,31)32/h2-12,20,28H,1H3,(H2,25,31,32)/b21-19+. The fraction of sp³-hybridized carbons (Fsp3) is 0.0870. The Morgan fingerprint density at radius 3 is 2.44 bits per heavy atom. The number of aliphatic hydroxyl groups is 1. The van der Waals surface area contributed by atoms with E-state index in [1.165, 1.54) is 66.9 Å². The van der Waals surface area contributed by atoms with Gasteiger partial charge in [0.1, 0.15) is 11.5 Å². The van der Waals surface area contributed by atoms with Crippen LogP contribution in [0.2, 0.25) is 5.02 Å². The van der Waals surface area contributed by atoms with Gasteiger partial charge >= 0.3 is 0 Å². The van der Waals surface area contributed by atoms with Crippen molar-refractivity contribution >= 4 is 44.8 Å². The number of pyridine rings is 1. The van der Waals surface area contributed by atoms with E-state index in [-0.39, 0.29) is 27.5 Å². The van der Waals surface area contributed by atoms with Crippen molar-refractivity contribution in [2.45, 2.75) is 10.9 Å². The van der Waals surface area contributed by atoms with Crippen molar-refractivity contribution < 1.29 is 27.9 Å². The number of primary sulfonamides is 1. The number of anilines is 1. The van der Waals surface area contributed by atoms with Gasteiger partial charge in [-0.3, -0.25) is 19.5 Å². The number of aliphatic hydroxyl groups excluding tert-OH is 1. The monoisotopic (exact) mass is 499 g/mol. The molecule has 174 valence electrons. The summed E-state index contributed by atoms with van der Waals surface area (Å²) in [6.45, 7) is 0. The molecule has 3 N–H and O–H groups in total. The largest absolute Gasteiger partial charge is 0.507 e. The first-order valence-electron chi connectivity index (χ1n) is 9.81. The van der Waals surface area contributed by atoms with Gasteiger partial charge in [-0.05, 0) is 54.1 Å². The molecule has 1 amide bonds. The number of Topliss-reactive ketones (excluding diaryl/α,β-unsaturated/α-hetero) is 1. The van der Waals surface area contributed by atoms with Gasteiger partial charge in [0, 0.05) is 23.6 Å². The van der Waals surface area contributed by atoms with Crippen LogP contribution >= 0.6 is 11.6 Å². The van der Waals surface area contributed by atoms with E-state index in [0.717, 1.165) is 0 Å². The van der Waals surface area contributed by atoms with E-state index < -0.39 is 33.5 Å². The number of aromatic nitrogens is 1. The predicted octanol–water partition coefficient (Wildman–Crippen LogP) is 3.02. The lowest BCUT2D eigenvalue weighted by Crippen LogP contribution is -2.29.